The number of carbonyl (C=O) groups excluding carboxylic acids is 1. The van der Waals surface area contributed by atoms with Gasteiger partial charge < -0.3 is 30.2 Å². The molecule has 0 saturated carbocycles. The van der Waals surface area contributed by atoms with E-state index in [0.717, 1.165) is 0 Å². The maximum absolute atomic E-state index is 11.0. The zero-order chi connectivity index (χ0) is 12.9. The molecule has 3 unspecified atom stereocenters. The van der Waals surface area contributed by atoms with Gasteiger partial charge in [0.1, 0.15) is 24.9 Å². The van der Waals surface area contributed by atoms with Crippen molar-refractivity contribution in [2.75, 3.05) is 13.2 Å². The summed E-state index contributed by atoms with van der Waals surface area (Å²) < 4.78 is 14.0. The molecule has 0 aromatic carbocycles. The van der Waals surface area contributed by atoms with Crippen molar-refractivity contribution in [1.29, 1.82) is 0 Å². The van der Waals surface area contributed by atoms with Crippen LogP contribution in [-0.4, -0.2) is 116 Å². The molecule has 0 aliphatic rings. The minimum absolute atomic E-state index is 0. The van der Waals surface area contributed by atoms with E-state index in [1.807, 2.05) is 0 Å². The van der Waals surface area contributed by atoms with E-state index >= 15 is 0 Å². The number of aliphatic hydroxyl groups is 4. The van der Waals surface area contributed by atoms with Crippen molar-refractivity contribution < 1.29 is 44.1 Å². The summed E-state index contributed by atoms with van der Waals surface area (Å²) >= 11 is 0. The van der Waals surface area contributed by atoms with Gasteiger partial charge in [-0.1, -0.05) is 0 Å². The van der Waals surface area contributed by atoms with Crippen LogP contribution in [0.3, 0.4) is 0 Å². The number of aliphatic hydroxyl groups excluding tert-OH is 4. The molecule has 0 saturated heterocycles. The molecular weight excluding hydrogens is 384 g/mol. The molecule has 6 N–H and O–H groups in total. The number of phosphoric ester groups is 1. The molecule has 0 aromatic rings. The second kappa shape index (κ2) is 9.15. The minimum atomic E-state index is -4.85. The first-order chi connectivity index (χ1) is 7.19. The molecule has 17 heavy (non-hydrogen) atoms. The number of hydrogen-bond donors (Lipinski definition) is 6. The van der Waals surface area contributed by atoms with Gasteiger partial charge in [-0.05, 0) is 0 Å². The van der Waals surface area contributed by atoms with E-state index in [9.17, 15) is 9.36 Å². The van der Waals surface area contributed by atoms with Crippen molar-refractivity contribution >= 4 is 62.5 Å². The largest absolute Gasteiger partial charge is 0.470 e. The van der Waals surface area contributed by atoms with Crippen molar-refractivity contribution in [3.63, 3.8) is 0 Å². The van der Waals surface area contributed by atoms with Gasteiger partial charge >= 0.3 is 7.82 Å². The van der Waals surface area contributed by atoms with Crippen molar-refractivity contribution in [3.8, 4) is 0 Å². The van der Waals surface area contributed by atoms with Crippen molar-refractivity contribution in [2.45, 2.75) is 18.3 Å². The average Bonchev–Trinajstić information content (AvgIpc) is 2.21. The zero-order valence-electron chi connectivity index (χ0n) is 8.71. The van der Waals surface area contributed by atoms with Gasteiger partial charge in [0, 0.05) is 48.9 Å². The Kier molecular flexibility index (Phi) is 11.0. The summed E-state index contributed by atoms with van der Waals surface area (Å²) in [5.74, 6) is -1.23. The van der Waals surface area contributed by atoms with E-state index in [4.69, 9.17) is 30.2 Å². The summed E-state index contributed by atoms with van der Waals surface area (Å²) in [6, 6.07) is 0. The molecule has 0 aliphatic heterocycles. The van der Waals surface area contributed by atoms with Gasteiger partial charge in [0.25, 0.3) is 0 Å². The van der Waals surface area contributed by atoms with Gasteiger partial charge in [-0.25, -0.2) is 4.57 Å². The molecule has 0 amide bonds. The summed E-state index contributed by atoms with van der Waals surface area (Å²) in [5.41, 5.74) is 0. The van der Waals surface area contributed by atoms with Crippen molar-refractivity contribution in [1.82, 2.24) is 0 Å². The van der Waals surface area contributed by atoms with Crippen LogP contribution in [0.2, 0.25) is 0 Å². The Balaban J connectivity index is 0. The molecule has 9 nitrogen and oxygen atoms in total. The summed E-state index contributed by atoms with van der Waals surface area (Å²) in [4.78, 5) is 27.5. The first-order valence-electron chi connectivity index (χ1n) is 4.07. The van der Waals surface area contributed by atoms with E-state index < -0.39 is 45.1 Å². The predicted molar refractivity (Wildman–Crippen MR) is 53.9 cm³/mol. The second-order valence-electron chi connectivity index (χ2n) is 2.92. The Morgan fingerprint density at radius 3 is 2.06 bits per heavy atom. The number of ketones is 1. The van der Waals surface area contributed by atoms with Gasteiger partial charge in [-0.15, -0.1) is 0 Å². The topological polar surface area (TPSA) is 165 Å². The Bertz CT molecular complexity index is 279. The van der Waals surface area contributed by atoms with Crippen LogP contribution in [0.5, 0.6) is 0 Å². The molecule has 0 heterocycles. The van der Waals surface area contributed by atoms with E-state index in [1.54, 1.807) is 0 Å². The van der Waals surface area contributed by atoms with Crippen LogP contribution in [0.4, 0.5) is 0 Å². The predicted octanol–water partition coefficient (Wildman–Crippen LogP) is -3.64. The summed E-state index contributed by atoms with van der Waals surface area (Å²) in [7, 11) is -4.85. The second-order valence-corrected chi connectivity index (χ2v) is 4.16. The minimum Gasteiger partial charge on any atom is -0.394 e. The van der Waals surface area contributed by atoms with Gasteiger partial charge in [-0.3, -0.25) is 9.32 Å². The van der Waals surface area contributed by atoms with Crippen LogP contribution in [0.1, 0.15) is 0 Å². The number of phosphoric acid groups is 1. The van der Waals surface area contributed by atoms with Crippen molar-refractivity contribution in [2.24, 2.45) is 0 Å². The van der Waals surface area contributed by atoms with Crippen LogP contribution < -0.4 is 0 Å². The summed E-state index contributed by atoms with van der Waals surface area (Å²) in [6.45, 7) is -2.01. The smallest absolute Gasteiger partial charge is 0.394 e. The van der Waals surface area contributed by atoms with Crippen LogP contribution in [0.25, 0.3) is 0 Å². The SMILES string of the molecule is O=C(COP(=O)(O)O)C(O)C(O)C(O)CO.[Ba]. The third-order valence-corrected chi connectivity index (χ3v) is 2.08. The molecule has 0 spiro atoms. The van der Waals surface area contributed by atoms with Gasteiger partial charge in [0.15, 0.2) is 5.78 Å². The molecular formula is C6H13BaO9P. The number of rotatable bonds is 7. The first-order valence-corrected chi connectivity index (χ1v) is 5.60. The quantitative estimate of drug-likeness (QED) is 0.188. The molecule has 3 atom stereocenters. The van der Waals surface area contributed by atoms with E-state index in [-0.39, 0.29) is 48.9 Å². The molecule has 0 bridgehead atoms. The Morgan fingerprint density at radius 1 is 1.24 bits per heavy atom. The van der Waals surface area contributed by atoms with Crippen LogP contribution >= 0.6 is 7.82 Å². The molecule has 98 valence electrons. The van der Waals surface area contributed by atoms with E-state index in [2.05, 4.69) is 4.52 Å². The maximum Gasteiger partial charge on any atom is 0.470 e. The Labute approximate surface area is 137 Å². The van der Waals surface area contributed by atoms with Crippen LogP contribution in [0, 0.1) is 0 Å². The standard InChI is InChI=1S/C6H13O9P.Ba/c7-1-3(8)5(10)6(11)4(9)2-15-16(12,13)14;/h3,5-8,10-11H,1-2H2,(H2,12,13,14);. The van der Waals surface area contributed by atoms with Gasteiger partial charge in [-0.2, -0.15) is 0 Å². The fourth-order valence-electron chi connectivity index (χ4n) is 0.742. The monoisotopic (exact) mass is 398 g/mol. The third-order valence-electron chi connectivity index (χ3n) is 1.61. The number of hydrogen-bond acceptors (Lipinski definition) is 7. The Morgan fingerprint density at radius 2 is 1.71 bits per heavy atom. The first kappa shape index (κ1) is 20.5. The third kappa shape index (κ3) is 8.83. The van der Waals surface area contributed by atoms with Crippen molar-refractivity contribution in [3.05, 3.63) is 0 Å². The van der Waals surface area contributed by atoms with Crippen LogP contribution in [-0.2, 0) is 13.9 Å². The number of Topliss-reactive ketones (excluding diaryl/α,β-unsaturated/α-hetero) is 1. The van der Waals surface area contributed by atoms with Crippen LogP contribution in [0.15, 0.2) is 0 Å². The van der Waals surface area contributed by atoms with Gasteiger partial charge in [0.2, 0.25) is 0 Å². The normalized spacial score (nSPS) is 16.8. The molecule has 2 radical (unpaired) electrons. The summed E-state index contributed by atoms with van der Waals surface area (Å²) in [6.07, 6.45) is -5.81. The maximum atomic E-state index is 11.0. The van der Waals surface area contributed by atoms with E-state index in [1.165, 1.54) is 0 Å². The molecule has 0 aromatic heterocycles. The molecule has 0 fully saturated rings. The molecule has 11 heteroatoms. The summed E-state index contributed by atoms with van der Waals surface area (Å²) in [5, 5.41) is 35.4. The average molecular weight is 397 g/mol. The van der Waals surface area contributed by atoms with E-state index in [0.29, 0.717) is 0 Å². The fraction of sp³-hybridized carbons (Fsp3) is 0.833. The number of carbonyl (C=O) groups is 1. The zero-order valence-corrected chi connectivity index (χ0v) is 14.0. The van der Waals surface area contributed by atoms with Gasteiger partial charge in [0.05, 0.1) is 6.61 Å². The molecule has 0 rings (SSSR count). The fourth-order valence-corrected chi connectivity index (χ4v) is 1.04. The molecule has 0 aliphatic carbocycles. The Hall–Kier alpha value is 1.19.